The number of carboxylic acid groups (broad SMARTS) is 1. The summed E-state index contributed by atoms with van der Waals surface area (Å²) in [5, 5.41) is 39.4. The van der Waals surface area contributed by atoms with Gasteiger partial charge in [0.15, 0.2) is 0 Å². The Morgan fingerprint density at radius 3 is 2.58 bits per heavy atom. The molecule has 7 nitrogen and oxygen atoms in total. The third-order valence-corrected chi connectivity index (χ3v) is 5.13. The smallest absolute Gasteiger partial charge is 0.306 e. The van der Waals surface area contributed by atoms with Crippen molar-refractivity contribution >= 4 is 5.97 Å². The number of carboxylic acids is 1. The molecule has 2 aliphatic heterocycles. The lowest BCUT2D eigenvalue weighted by atomic mass is 9.86. The van der Waals surface area contributed by atoms with E-state index in [9.17, 15) is 20.1 Å². The van der Waals surface area contributed by atoms with Crippen molar-refractivity contribution in [2.75, 3.05) is 6.61 Å². The minimum atomic E-state index is -1.27. The van der Waals surface area contributed by atoms with Crippen LogP contribution in [0.15, 0.2) is 12.2 Å². The van der Waals surface area contributed by atoms with Gasteiger partial charge in [-0.25, -0.2) is 0 Å². The van der Waals surface area contributed by atoms with Crippen LogP contribution in [0.4, 0.5) is 0 Å². The standard InChI is InChI=1S/C17H28O7/c1-9(10(2)18)5-4-6-11-8-23-15-14(13(11)21)24-17(3,16(15)22)7-12(19)20/h4-5,9-11,13-16,18,21-22H,6-8H2,1-3H3,(H,19,20)/b5-4+/t9?,10-,11-,13+,14+,15+,16-,17?/m0/s1. The van der Waals surface area contributed by atoms with E-state index in [4.69, 9.17) is 14.6 Å². The fraction of sp³-hybridized carbons (Fsp3) is 0.824. The van der Waals surface area contributed by atoms with Crippen molar-refractivity contribution < 1.29 is 34.7 Å². The maximum Gasteiger partial charge on any atom is 0.306 e. The monoisotopic (exact) mass is 344 g/mol. The lowest BCUT2D eigenvalue weighted by molar-refractivity contribution is -0.169. The van der Waals surface area contributed by atoms with E-state index in [0.29, 0.717) is 6.42 Å². The Morgan fingerprint density at radius 2 is 2.00 bits per heavy atom. The second-order valence-electron chi connectivity index (χ2n) is 7.22. The zero-order chi connectivity index (χ0) is 18.1. The summed E-state index contributed by atoms with van der Waals surface area (Å²) >= 11 is 0. The zero-order valence-electron chi connectivity index (χ0n) is 14.3. The van der Waals surface area contributed by atoms with E-state index in [1.54, 1.807) is 6.92 Å². The molecular formula is C17H28O7. The minimum Gasteiger partial charge on any atom is -0.481 e. The van der Waals surface area contributed by atoms with Crippen LogP contribution in [-0.4, -0.2) is 69.1 Å². The number of ether oxygens (including phenoxy) is 2. The highest BCUT2D eigenvalue weighted by atomic mass is 16.6. The zero-order valence-corrected chi connectivity index (χ0v) is 14.3. The molecule has 0 aromatic rings. The maximum absolute atomic E-state index is 11.0. The van der Waals surface area contributed by atoms with Gasteiger partial charge in [0.05, 0.1) is 25.2 Å². The summed E-state index contributed by atoms with van der Waals surface area (Å²) < 4.78 is 11.4. The third-order valence-electron chi connectivity index (χ3n) is 5.13. The van der Waals surface area contributed by atoms with Crippen molar-refractivity contribution in [2.24, 2.45) is 11.8 Å². The molecule has 0 aliphatic carbocycles. The highest BCUT2D eigenvalue weighted by Crippen LogP contribution is 2.41. The molecule has 0 saturated carbocycles. The molecule has 24 heavy (non-hydrogen) atoms. The van der Waals surface area contributed by atoms with Gasteiger partial charge in [0, 0.05) is 5.92 Å². The predicted octanol–water partition coefficient (Wildman–Crippen LogP) is 0.319. The number of aliphatic hydroxyl groups excluding tert-OH is 3. The molecule has 138 valence electrons. The van der Waals surface area contributed by atoms with Gasteiger partial charge in [-0.05, 0) is 26.2 Å². The summed E-state index contributed by atoms with van der Waals surface area (Å²) in [6.45, 7) is 5.41. The highest BCUT2D eigenvalue weighted by Gasteiger charge is 2.58. The number of aliphatic carboxylic acids is 1. The molecular weight excluding hydrogens is 316 g/mol. The van der Waals surface area contributed by atoms with E-state index in [-0.39, 0.29) is 24.9 Å². The van der Waals surface area contributed by atoms with E-state index in [1.807, 2.05) is 19.1 Å². The Kier molecular flexibility index (Phi) is 6.04. The molecule has 0 spiro atoms. The number of fused-ring (bicyclic) bond motifs is 1. The Bertz CT molecular complexity index is 478. The summed E-state index contributed by atoms with van der Waals surface area (Å²) in [5.74, 6) is -1.26. The molecule has 0 aromatic heterocycles. The molecule has 2 saturated heterocycles. The molecule has 0 amide bonds. The van der Waals surface area contributed by atoms with Crippen LogP contribution >= 0.6 is 0 Å². The molecule has 2 aliphatic rings. The van der Waals surface area contributed by atoms with Crippen molar-refractivity contribution in [3.05, 3.63) is 12.2 Å². The first kappa shape index (κ1) is 19.3. The third kappa shape index (κ3) is 3.97. The molecule has 8 atom stereocenters. The number of carbonyl (C=O) groups is 1. The Balaban J connectivity index is 2.00. The molecule has 0 bridgehead atoms. The molecule has 7 heteroatoms. The van der Waals surface area contributed by atoms with Crippen molar-refractivity contribution in [1.29, 1.82) is 0 Å². The predicted molar refractivity (Wildman–Crippen MR) is 85.4 cm³/mol. The molecule has 2 heterocycles. The average molecular weight is 344 g/mol. The average Bonchev–Trinajstić information content (AvgIpc) is 2.73. The topological polar surface area (TPSA) is 116 Å². The Morgan fingerprint density at radius 1 is 1.33 bits per heavy atom. The molecule has 4 N–H and O–H groups in total. The summed E-state index contributed by atoms with van der Waals surface area (Å²) in [4.78, 5) is 11.0. The molecule has 0 radical (unpaired) electrons. The van der Waals surface area contributed by atoms with Gasteiger partial charge in [-0.3, -0.25) is 4.79 Å². The fourth-order valence-corrected chi connectivity index (χ4v) is 3.31. The van der Waals surface area contributed by atoms with Gasteiger partial charge in [0.1, 0.15) is 23.9 Å². The van der Waals surface area contributed by atoms with Gasteiger partial charge in [-0.2, -0.15) is 0 Å². The minimum absolute atomic E-state index is 0.0165. The van der Waals surface area contributed by atoms with E-state index >= 15 is 0 Å². The molecule has 0 aromatic carbocycles. The number of hydrogen-bond donors (Lipinski definition) is 4. The Labute approximate surface area is 141 Å². The van der Waals surface area contributed by atoms with Gasteiger partial charge in [0.25, 0.3) is 0 Å². The normalized spacial score (nSPS) is 42.0. The quantitative estimate of drug-likeness (QED) is 0.513. The summed E-state index contributed by atoms with van der Waals surface area (Å²) in [6, 6.07) is 0. The lowest BCUT2D eigenvalue weighted by Crippen LogP contribution is -2.51. The van der Waals surface area contributed by atoms with Crippen LogP contribution in [0, 0.1) is 11.8 Å². The lowest BCUT2D eigenvalue weighted by Gasteiger charge is -2.36. The fourth-order valence-electron chi connectivity index (χ4n) is 3.31. The second-order valence-corrected chi connectivity index (χ2v) is 7.22. The van der Waals surface area contributed by atoms with Crippen molar-refractivity contribution in [2.45, 2.75) is 69.7 Å². The molecule has 2 fully saturated rings. The van der Waals surface area contributed by atoms with Crippen molar-refractivity contribution in [3.8, 4) is 0 Å². The second kappa shape index (κ2) is 7.49. The van der Waals surface area contributed by atoms with Crippen LogP contribution in [0.3, 0.4) is 0 Å². The maximum atomic E-state index is 11.0. The SMILES string of the molecule is CC(/C=C/C[C@H]1CO[C@@H]2[C@H](OC(C)(CC(=O)O)[C@H]2O)[C@@H]1O)[C@H](C)O. The largest absolute Gasteiger partial charge is 0.481 e. The van der Waals surface area contributed by atoms with Gasteiger partial charge in [-0.1, -0.05) is 19.1 Å². The van der Waals surface area contributed by atoms with Gasteiger partial charge in [-0.15, -0.1) is 0 Å². The first-order chi connectivity index (χ1) is 11.2. The van der Waals surface area contributed by atoms with Gasteiger partial charge >= 0.3 is 5.97 Å². The van der Waals surface area contributed by atoms with Crippen LogP contribution < -0.4 is 0 Å². The number of hydrogen-bond acceptors (Lipinski definition) is 6. The van der Waals surface area contributed by atoms with E-state index in [0.717, 1.165) is 0 Å². The molecule has 2 unspecified atom stereocenters. The van der Waals surface area contributed by atoms with E-state index < -0.39 is 42.1 Å². The van der Waals surface area contributed by atoms with E-state index in [2.05, 4.69) is 0 Å². The van der Waals surface area contributed by atoms with Crippen LogP contribution in [0.1, 0.15) is 33.6 Å². The first-order valence-corrected chi connectivity index (χ1v) is 8.38. The first-order valence-electron chi connectivity index (χ1n) is 8.38. The van der Waals surface area contributed by atoms with Crippen molar-refractivity contribution in [1.82, 2.24) is 0 Å². The number of aliphatic hydroxyl groups is 3. The van der Waals surface area contributed by atoms with Crippen LogP contribution in [0.2, 0.25) is 0 Å². The van der Waals surface area contributed by atoms with Crippen LogP contribution in [0.5, 0.6) is 0 Å². The highest BCUT2D eigenvalue weighted by molar-refractivity contribution is 5.68. The molecule has 2 rings (SSSR count). The van der Waals surface area contributed by atoms with Gasteiger partial charge < -0.3 is 29.9 Å². The number of allylic oxidation sites excluding steroid dienone is 1. The van der Waals surface area contributed by atoms with E-state index in [1.165, 1.54) is 6.92 Å². The van der Waals surface area contributed by atoms with Crippen LogP contribution in [0.25, 0.3) is 0 Å². The van der Waals surface area contributed by atoms with Crippen molar-refractivity contribution in [3.63, 3.8) is 0 Å². The summed E-state index contributed by atoms with van der Waals surface area (Å²) in [6.07, 6.45) is 0.138. The van der Waals surface area contributed by atoms with Gasteiger partial charge in [0.2, 0.25) is 0 Å². The summed E-state index contributed by atoms with van der Waals surface area (Å²) in [7, 11) is 0. The number of rotatable bonds is 6. The Hall–Kier alpha value is -0.990. The summed E-state index contributed by atoms with van der Waals surface area (Å²) in [5.41, 5.74) is -1.27. The van der Waals surface area contributed by atoms with Crippen LogP contribution in [-0.2, 0) is 14.3 Å².